The first-order chi connectivity index (χ1) is 8.72. The van der Waals surface area contributed by atoms with Gasteiger partial charge in [0.15, 0.2) is 0 Å². The molecular weight excluding hydrogens is 246 g/mol. The van der Waals surface area contributed by atoms with Gasteiger partial charge in [0.25, 0.3) is 0 Å². The number of rotatable bonds is 3. The average Bonchev–Trinajstić information content (AvgIpc) is 2.91. The van der Waals surface area contributed by atoms with Crippen LogP contribution in [0.25, 0.3) is 4.96 Å². The smallest absolute Gasteiger partial charge is 0.234 e. The van der Waals surface area contributed by atoms with Gasteiger partial charge >= 0.3 is 0 Å². The zero-order valence-electron chi connectivity index (χ0n) is 10.00. The fourth-order valence-corrected chi connectivity index (χ4v) is 2.61. The van der Waals surface area contributed by atoms with Crippen LogP contribution in [0, 0.1) is 6.92 Å². The molecule has 2 aromatic heterocycles. The third-order valence-corrected chi connectivity index (χ3v) is 3.87. The second kappa shape index (κ2) is 4.38. The van der Waals surface area contributed by atoms with E-state index in [1.165, 1.54) is 5.56 Å². The molecule has 0 atom stereocenters. The molecule has 18 heavy (non-hydrogen) atoms. The van der Waals surface area contributed by atoms with Crippen LogP contribution in [0.15, 0.2) is 24.5 Å². The van der Waals surface area contributed by atoms with E-state index in [9.17, 15) is 0 Å². The van der Waals surface area contributed by atoms with Crippen molar-refractivity contribution in [3.63, 3.8) is 0 Å². The molecule has 0 aliphatic carbocycles. The number of aromatic nitrogens is 4. The molecule has 0 amide bonds. The molecule has 2 heterocycles. The number of anilines is 1. The van der Waals surface area contributed by atoms with Crippen LogP contribution >= 0.6 is 11.3 Å². The molecule has 0 aliphatic rings. The first-order valence-corrected chi connectivity index (χ1v) is 6.55. The summed E-state index contributed by atoms with van der Waals surface area (Å²) in [5.41, 5.74) is 9.11. The van der Waals surface area contributed by atoms with Gasteiger partial charge in [-0.3, -0.25) is 0 Å². The molecule has 3 rings (SSSR count). The van der Waals surface area contributed by atoms with Crippen LogP contribution in [0.1, 0.15) is 16.1 Å². The minimum atomic E-state index is 0.841. The number of hydrogen-bond acceptors (Lipinski definition) is 5. The summed E-state index contributed by atoms with van der Waals surface area (Å²) in [7, 11) is 0. The second-order valence-electron chi connectivity index (χ2n) is 4.24. The van der Waals surface area contributed by atoms with E-state index in [2.05, 4.69) is 27.4 Å². The minimum Gasteiger partial charge on any atom is -0.399 e. The van der Waals surface area contributed by atoms with Crippen molar-refractivity contribution in [1.29, 1.82) is 0 Å². The monoisotopic (exact) mass is 259 g/mol. The highest BCUT2D eigenvalue weighted by atomic mass is 32.1. The van der Waals surface area contributed by atoms with E-state index in [0.29, 0.717) is 0 Å². The molecule has 0 aliphatic heterocycles. The standard InChI is InChI=1S/C12H13N5S/c1-8-2-3-9(6-10(8)13)4-5-11-16-17-7-14-15-12(17)18-11/h2-3,6-7H,4-5,13H2,1H3. The summed E-state index contributed by atoms with van der Waals surface area (Å²) in [6.07, 6.45) is 3.46. The normalized spacial score (nSPS) is 11.2. The fourth-order valence-electron chi connectivity index (χ4n) is 1.80. The lowest BCUT2D eigenvalue weighted by Crippen LogP contribution is -1.95. The van der Waals surface area contributed by atoms with Gasteiger partial charge in [-0.2, -0.15) is 9.61 Å². The quantitative estimate of drug-likeness (QED) is 0.729. The zero-order chi connectivity index (χ0) is 12.5. The van der Waals surface area contributed by atoms with Gasteiger partial charge in [-0.1, -0.05) is 23.5 Å². The van der Waals surface area contributed by atoms with Crippen LogP contribution in [0.5, 0.6) is 0 Å². The molecule has 5 nitrogen and oxygen atoms in total. The van der Waals surface area contributed by atoms with Gasteiger partial charge in [0, 0.05) is 12.1 Å². The Kier molecular flexibility index (Phi) is 2.71. The van der Waals surface area contributed by atoms with E-state index in [0.717, 1.165) is 34.1 Å². The van der Waals surface area contributed by atoms with Crippen molar-refractivity contribution in [2.24, 2.45) is 0 Å². The SMILES string of the molecule is Cc1ccc(CCc2nn3cnnc3s2)cc1N. The van der Waals surface area contributed by atoms with Crippen LogP contribution in [-0.2, 0) is 12.8 Å². The first-order valence-electron chi connectivity index (χ1n) is 5.73. The van der Waals surface area contributed by atoms with Crippen LogP contribution in [0.2, 0.25) is 0 Å². The van der Waals surface area contributed by atoms with E-state index >= 15 is 0 Å². The summed E-state index contributed by atoms with van der Waals surface area (Å²) in [5, 5.41) is 13.2. The maximum atomic E-state index is 5.90. The number of aryl methyl sites for hydroxylation is 3. The Morgan fingerprint density at radius 3 is 3.00 bits per heavy atom. The summed E-state index contributed by atoms with van der Waals surface area (Å²) in [5.74, 6) is 0. The molecule has 6 heteroatoms. The van der Waals surface area contributed by atoms with E-state index in [4.69, 9.17) is 5.73 Å². The van der Waals surface area contributed by atoms with Gasteiger partial charge in [-0.05, 0) is 30.5 Å². The molecule has 3 aromatic rings. The lowest BCUT2D eigenvalue weighted by atomic mass is 10.1. The Hall–Kier alpha value is -1.95. The lowest BCUT2D eigenvalue weighted by molar-refractivity contribution is 0.860. The molecule has 1 aromatic carbocycles. The molecule has 0 unspecified atom stereocenters. The Balaban J connectivity index is 1.73. The number of fused-ring (bicyclic) bond motifs is 1. The van der Waals surface area contributed by atoms with Crippen molar-refractivity contribution >= 4 is 22.0 Å². The van der Waals surface area contributed by atoms with Crippen molar-refractivity contribution in [2.75, 3.05) is 5.73 Å². The third kappa shape index (κ3) is 2.06. The van der Waals surface area contributed by atoms with Gasteiger partial charge in [0.05, 0.1) is 0 Å². The average molecular weight is 259 g/mol. The predicted molar refractivity (Wildman–Crippen MR) is 71.7 cm³/mol. The van der Waals surface area contributed by atoms with Crippen molar-refractivity contribution < 1.29 is 0 Å². The second-order valence-corrected chi connectivity index (χ2v) is 5.29. The Bertz CT molecular complexity index is 656. The van der Waals surface area contributed by atoms with Gasteiger partial charge in [-0.25, -0.2) is 0 Å². The third-order valence-electron chi connectivity index (χ3n) is 2.90. The molecule has 0 saturated heterocycles. The number of benzene rings is 1. The Morgan fingerprint density at radius 1 is 1.33 bits per heavy atom. The van der Waals surface area contributed by atoms with Crippen molar-refractivity contribution in [2.45, 2.75) is 19.8 Å². The molecule has 0 radical (unpaired) electrons. The van der Waals surface area contributed by atoms with Gasteiger partial charge in [-0.15, -0.1) is 10.2 Å². The van der Waals surface area contributed by atoms with Gasteiger partial charge < -0.3 is 5.73 Å². The topological polar surface area (TPSA) is 69.1 Å². The fraction of sp³-hybridized carbons (Fsp3) is 0.250. The Labute approximate surface area is 108 Å². The van der Waals surface area contributed by atoms with Crippen LogP contribution in [0.3, 0.4) is 0 Å². The van der Waals surface area contributed by atoms with Crippen molar-refractivity contribution in [3.8, 4) is 0 Å². The highest BCUT2D eigenvalue weighted by Crippen LogP contribution is 2.17. The summed E-state index contributed by atoms with van der Waals surface area (Å²) in [6.45, 7) is 2.02. The van der Waals surface area contributed by atoms with Crippen molar-refractivity contribution in [3.05, 3.63) is 40.7 Å². The maximum absolute atomic E-state index is 5.90. The molecule has 0 spiro atoms. The molecular formula is C12H13N5S. The molecule has 0 fully saturated rings. The molecule has 0 saturated carbocycles. The number of nitrogens with zero attached hydrogens (tertiary/aromatic N) is 4. The molecule has 0 bridgehead atoms. The number of hydrogen-bond donors (Lipinski definition) is 1. The van der Waals surface area contributed by atoms with Gasteiger partial charge in [0.2, 0.25) is 4.96 Å². The van der Waals surface area contributed by atoms with Crippen LogP contribution in [-0.4, -0.2) is 19.8 Å². The number of nitrogen functional groups attached to an aromatic ring is 1. The Morgan fingerprint density at radius 2 is 2.22 bits per heavy atom. The van der Waals surface area contributed by atoms with E-state index in [-0.39, 0.29) is 0 Å². The largest absolute Gasteiger partial charge is 0.399 e. The highest BCUT2D eigenvalue weighted by Gasteiger charge is 2.05. The van der Waals surface area contributed by atoms with Crippen LogP contribution < -0.4 is 5.73 Å². The lowest BCUT2D eigenvalue weighted by Gasteiger charge is -2.03. The first kappa shape index (κ1) is 11.2. The highest BCUT2D eigenvalue weighted by molar-refractivity contribution is 7.16. The predicted octanol–water partition coefficient (Wildman–Crippen LogP) is 1.86. The summed E-state index contributed by atoms with van der Waals surface area (Å²) in [4.78, 5) is 0.841. The maximum Gasteiger partial charge on any atom is 0.234 e. The van der Waals surface area contributed by atoms with E-state index < -0.39 is 0 Å². The van der Waals surface area contributed by atoms with Crippen molar-refractivity contribution in [1.82, 2.24) is 19.8 Å². The molecule has 92 valence electrons. The summed E-state index contributed by atoms with van der Waals surface area (Å²) >= 11 is 1.58. The summed E-state index contributed by atoms with van der Waals surface area (Å²) in [6, 6.07) is 6.21. The number of nitrogens with two attached hydrogens (primary N) is 1. The van der Waals surface area contributed by atoms with E-state index in [1.54, 1.807) is 22.2 Å². The van der Waals surface area contributed by atoms with Gasteiger partial charge in [0.1, 0.15) is 11.3 Å². The molecule has 2 N–H and O–H groups in total. The van der Waals surface area contributed by atoms with E-state index in [1.807, 2.05) is 13.0 Å². The zero-order valence-corrected chi connectivity index (χ0v) is 10.8. The summed E-state index contributed by atoms with van der Waals surface area (Å²) < 4.78 is 1.71. The van der Waals surface area contributed by atoms with Crippen LogP contribution in [0.4, 0.5) is 5.69 Å². The minimum absolute atomic E-state index is 0.841.